The highest BCUT2D eigenvalue weighted by Crippen LogP contribution is 2.14. The summed E-state index contributed by atoms with van der Waals surface area (Å²) in [7, 11) is 1.86. The molecule has 1 N–H and O–H groups in total. The Balaban J connectivity index is 1.77. The van der Waals surface area contributed by atoms with Crippen LogP contribution < -0.4 is 5.32 Å². The molecule has 0 saturated heterocycles. The van der Waals surface area contributed by atoms with Gasteiger partial charge in [0.1, 0.15) is 5.76 Å². The second-order valence-electron chi connectivity index (χ2n) is 4.34. The third kappa shape index (κ3) is 2.35. The summed E-state index contributed by atoms with van der Waals surface area (Å²) in [4.78, 5) is 12.0. The van der Waals surface area contributed by atoms with E-state index in [1.54, 1.807) is 29.1 Å². The van der Waals surface area contributed by atoms with Gasteiger partial charge in [0.2, 0.25) is 0 Å². The zero-order valence-corrected chi connectivity index (χ0v) is 10.5. The number of hydrogen-bond acceptors (Lipinski definition) is 3. The zero-order chi connectivity index (χ0) is 13.2. The van der Waals surface area contributed by atoms with Crippen molar-refractivity contribution >= 4 is 16.8 Å². The van der Waals surface area contributed by atoms with Gasteiger partial charge in [0.15, 0.2) is 0 Å². The van der Waals surface area contributed by atoms with Crippen LogP contribution in [0.4, 0.5) is 0 Å². The minimum atomic E-state index is -0.135. The van der Waals surface area contributed by atoms with Gasteiger partial charge in [0, 0.05) is 24.2 Å². The van der Waals surface area contributed by atoms with Crippen LogP contribution in [-0.2, 0) is 13.6 Å². The number of hydrogen-bond donors (Lipinski definition) is 1. The molecule has 96 valence electrons. The summed E-state index contributed by atoms with van der Waals surface area (Å²) in [6.07, 6.45) is 3.50. The molecule has 2 heterocycles. The lowest BCUT2D eigenvalue weighted by Gasteiger charge is -2.03. The molecular weight excluding hydrogens is 242 g/mol. The maximum absolute atomic E-state index is 12.0. The highest BCUT2D eigenvalue weighted by Gasteiger charge is 2.08. The first kappa shape index (κ1) is 11.5. The van der Waals surface area contributed by atoms with E-state index >= 15 is 0 Å². The fourth-order valence-corrected chi connectivity index (χ4v) is 1.96. The number of nitrogens with zero attached hydrogens (tertiary/aromatic N) is 2. The second kappa shape index (κ2) is 4.61. The molecule has 0 spiro atoms. The molecule has 19 heavy (non-hydrogen) atoms. The molecule has 0 aliphatic carbocycles. The lowest BCUT2D eigenvalue weighted by atomic mass is 10.1. The van der Waals surface area contributed by atoms with E-state index in [-0.39, 0.29) is 5.91 Å². The van der Waals surface area contributed by atoms with E-state index in [2.05, 4.69) is 10.4 Å². The summed E-state index contributed by atoms with van der Waals surface area (Å²) in [6.45, 7) is 0.381. The number of carbonyl (C=O) groups is 1. The average Bonchev–Trinajstić information content (AvgIpc) is 3.02. The van der Waals surface area contributed by atoms with Crippen molar-refractivity contribution in [2.24, 2.45) is 7.05 Å². The van der Waals surface area contributed by atoms with Crippen molar-refractivity contribution in [3.8, 4) is 0 Å². The molecule has 0 aliphatic heterocycles. The number of furan rings is 1. The van der Waals surface area contributed by atoms with Crippen LogP contribution in [-0.4, -0.2) is 15.7 Å². The van der Waals surface area contributed by atoms with Crippen molar-refractivity contribution in [2.75, 3.05) is 0 Å². The molecule has 5 nitrogen and oxygen atoms in total. The van der Waals surface area contributed by atoms with E-state index in [1.165, 1.54) is 0 Å². The normalized spacial score (nSPS) is 10.8. The monoisotopic (exact) mass is 255 g/mol. The molecule has 0 unspecified atom stereocenters. The number of carbonyl (C=O) groups excluding carboxylic acids is 1. The van der Waals surface area contributed by atoms with Gasteiger partial charge in [0.05, 0.1) is 18.3 Å². The van der Waals surface area contributed by atoms with Crippen LogP contribution >= 0.6 is 0 Å². The molecular formula is C14H13N3O2. The van der Waals surface area contributed by atoms with Gasteiger partial charge in [-0.2, -0.15) is 5.10 Å². The number of rotatable bonds is 3. The van der Waals surface area contributed by atoms with Crippen LogP contribution in [0.3, 0.4) is 0 Å². The number of aryl methyl sites for hydroxylation is 1. The topological polar surface area (TPSA) is 60.1 Å². The molecule has 5 heteroatoms. The standard InChI is InChI=1S/C14H13N3O2/c1-17-9-11-5-4-10(7-13(11)16-17)14(18)15-8-12-3-2-6-19-12/h2-7,9H,8H2,1H3,(H,15,18). The summed E-state index contributed by atoms with van der Waals surface area (Å²) in [5.74, 6) is 0.594. The Kier molecular flexibility index (Phi) is 2.79. The Morgan fingerprint density at radius 1 is 1.42 bits per heavy atom. The van der Waals surface area contributed by atoms with Gasteiger partial charge >= 0.3 is 0 Å². The molecule has 1 aromatic carbocycles. The molecule has 2 aromatic heterocycles. The summed E-state index contributed by atoms with van der Waals surface area (Å²) in [6, 6.07) is 9.09. The summed E-state index contributed by atoms with van der Waals surface area (Å²) in [5, 5.41) is 8.11. The van der Waals surface area contributed by atoms with E-state index < -0.39 is 0 Å². The van der Waals surface area contributed by atoms with E-state index in [0.717, 1.165) is 16.7 Å². The Morgan fingerprint density at radius 2 is 2.32 bits per heavy atom. The van der Waals surface area contributed by atoms with Crippen LogP contribution in [0.15, 0.2) is 47.2 Å². The minimum absolute atomic E-state index is 0.135. The second-order valence-corrected chi connectivity index (χ2v) is 4.34. The molecule has 3 aromatic rings. The van der Waals surface area contributed by atoms with Crippen LogP contribution in [0, 0.1) is 0 Å². The predicted molar refractivity (Wildman–Crippen MR) is 70.6 cm³/mol. The van der Waals surface area contributed by atoms with Crippen molar-refractivity contribution < 1.29 is 9.21 Å². The van der Waals surface area contributed by atoms with Gasteiger partial charge in [-0.25, -0.2) is 0 Å². The van der Waals surface area contributed by atoms with Gasteiger partial charge in [-0.15, -0.1) is 0 Å². The minimum Gasteiger partial charge on any atom is -0.467 e. The molecule has 0 bridgehead atoms. The molecule has 1 amide bonds. The van der Waals surface area contributed by atoms with Gasteiger partial charge in [-0.3, -0.25) is 9.48 Å². The molecule has 0 radical (unpaired) electrons. The lowest BCUT2D eigenvalue weighted by Crippen LogP contribution is -2.22. The molecule has 3 rings (SSSR count). The Labute approximate surface area is 109 Å². The van der Waals surface area contributed by atoms with E-state index in [4.69, 9.17) is 4.42 Å². The van der Waals surface area contributed by atoms with Crippen LogP contribution in [0.25, 0.3) is 10.9 Å². The number of nitrogens with one attached hydrogen (secondary N) is 1. The van der Waals surface area contributed by atoms with Gasteiger partial charge < -0.3 is 9.73 Å². The molecule has 0 aliphatic rings. The fraction of sp³-hybridized carbons (Fsp3) is 0.143. The Bertz CT molecular complexity index is 713. The lowest BCUT2D eigenvalue weighted by molar-refractivity contribution is 0.0948. The SMILES string of the molecule is Cn1cc2ccc(C(=O)NCc3ccco3)cc2n1. The third-order valence-electron chi connectivity index (χ3n) is 2.89. The highest BCUT2D eigenvalue weighted by atomic mass is 16.3. The van der Waals surface area contributed by atoms with Crippen LogP contribution in [0.2, 0.25) is 0 Å². The first-order valence-electron chi connectivity index (χ1n) is 5.96. The first-order chi connectivity index (χ1) is 9.22. The molecule has 0 saturated carbocycles. The van der Waals surface area contributed by atoms with Crippen molar-refractivity contribution in [1.82, 2.24) is 15.1 Å². The van der Waals surface area contributed by atoms with E-state index in [1.807, 2.05) is 25.4 Å². The predicted octanol–water partition coefficient (Wildman–Crippen LogP) is 2.10. The maximum Gasteiger partial charge on any atom is 0.251 e. The van der Waals surface area contributed by atoms with Gasteiger partial charge in [-0.1, -0.05) is 6.07 Å². The zero-order valence-electron chi connectivity index (χ0n) is 10.5. The number of fused-ring (bicyclic) bond motifs is 1. The van der Waals surface area contributed by atoms with Crippen molar-refractivity contribution in [2.45, 2.75) is 6.54 Å². The van der Waals surface area contributed by atoms with Crippen LogP contribution in [0.1, 0.15) is 16.1 Å². The van der Waals surface area contributed by atoms with Gasteiger partial charge in [0.25, 0.3) is 5.91 Å². The first-order valence-corrected chi connectivity index (χ1v) is 5.96. The largest absolute Gasteiger partial charge is 0.467 e. The quantitative estimate of drug-likeness (QED) is 0.779. The van der Waals surface area contributed by atoms with E-state index in [9.17, 15) is 4.79 Å². The average molecular weight is 255 g/mol. The van der Waals surface area contributed by atoms with E-state index in [0.29, 0.717) is 12.1 Å². The Morgan fingerprint density at radius 3 is 3.11 bits per heavy atom. The fourth-order valence-electron chi connectivity index (χ4n) is 1.96. The number of aromatic nitrogens is 2. The third-order valence-corrected chi connectivity index (χ3v) is 2.89. The smallest absolute Gasteiger partial charge is 0.251 e. The summed E-state index contributed by atoms with van der Waals surface area (Å²) < 4.78 is 6.89. The number of amides is 1. The number of benzene rings is 1. The van der Waals surface area contributed by atoms with Crippen molar-refractivity contribution in [1.29, 1.82) is 0 Å². The maximum atomic E-state index is 12.0. The van der Waals surface area contributed by atoms with Crippen molar-refractivity contribution in [3.05, 3.63) is 54.1 Å². The van der Waals surface area contributed by atoms with Crippen LogP contribution in [0.5, 0.6) is 0 Å². The molecule has 0 atom stereocenters. The van der Waals surface area contributed by atoms with Crippen molar-refractivity contribution in [3.63, 3.8) is 0 Å². The van der Waals surface area contributed by atoms with Gasteiger partial charge in [-0.05, 0) is 24.3 Å². The summed E-state index contributed by atoms with van der Waals surface area (Å²) >= 11 is 0. The Hall–Kier alpha value is -2.56. The highest BCUT2D eigenvalue weighted by molar-refractivity contribution is 5.97. The molecule has 0 fully saturated rings. The summed E-state index contributed by atoms with van der Waals surface area (Å²) in [5.41, 5.74) is 1.41.